The maximum atomic E-state index is 14.0. The normalized spacial score (nSPS) is 18.5. The number of amides is 2. The first-order valence-corrected chi connectivity index (χ1v) is 6.31. The molecule has 2 rings (SSSR count). The molecule has 0 spiro atoms. The standard InChI is InChI=1S/C14H17FN2O3/c1-14(2)13(19)17(7-6-12(18)16-14)11-8-9(20-3)4-5-10(11)15/h4-5,8H,6-7H2,1-3H3,(H,16,18). The molecule has 1 aromatic rings. The van der Waals surface area contributed by atoms with Gasteiger partial charge in [0.1, 0.15) is 17.1 Å². The van der Waals surface area contributed by atoms with Gasteiger partial charge >= 0.3 is 0 Å². The third-order valence-corrected chi connectivity index (χ3v) is 3.24. The topological polar surface area (TPSA) is 58.6 Å². The van der Waals surface area contributed by atoms with E-state index in [4.69, 9.17) is 4.74 Å². The number of halogens is 1. The highest BCUT2D eigenvalue weighted by molar-refractivity contribution is 6.03. The molecule has 5 nitrogen and oxygen atoms in total. The van der Waals surface area contributed by atoms with E-state index >= 15 is 0 Å². The molecule has 1 heterocycles. The third kappa shape index (κ3) is 2.59. The Morgan fingerprint density at radius 1 is 1.35 bits per heavy atom. The number of benzene rings is 1. The third-order valence-electron chi connectivity index (χ3n) is 3.24. The predicted octanol–water partition coefficient (Wildman–Crippen LogP) is 1.47. The zero-order valence-electron chi connectivity index (χ0n) is 11.7. The second-order valence-electron chi connectivity index (χ2n) is 5.20. The number of methoxy groups -OCH3 is 1. The number of hydrogen-bond acceptors (Lipinski definition) is 3. The van der Waals surface area contributed by atoms with E-state index in [0.717, 1.165) is 0 Å². The Bertz CT molecular complexity index is 557. The van der Waals surface area contributed by atoms with Crippen LogP contribution in [0.15, 0.2) is 18.2 Å². The van der Waals surface area contributed by atoms with Gasteiger partial charge in [-0.15, -0.1) is 0 Å². The summed E-state index contributed by atoms with van der Waals surface area (Å²) < 4.78 is 19.0. The minimum absolute atomic E-state index is 0.124. The molecule has 0 saturated carbocycles. The SMILES string of the molecule is COc1ccc(F)c(N2CCC(=O)NC(C)(C)C2=O)c1. The second-order valence-corrected chi connectivity index (χ2v) is 5.20. The van der Waals surface area contributed by atoms with Crippen molar-refractivity contribution in [3.05, 3.63) is 24.0 Å². The maximum Gasteiger partial charge on any atom is 0.252 e. The maximum absolute atomic E-state index is 14.0. The molecule has 1 aromatic carbocycles. The highest BCUT2D eigenvalue weighted by atomic mass is 19.1. The molecule has 0 unspecified atom stereocenters. The summed E-state index contributed by atoms with van der Waals surface area (Å²) in [4.78, 5) is 25.4. The Morgan fingerprint density at radius 2 is 2.05 bits per heavy atom. The first-order chi connectivity index (χ1) is 9.35. The van der Waals surface area contributed by atoms with Crippen LogP contribution in [-0.4, -0.2) is 31.0 Å². The van der Waals surface area contributed by atoms with E-state index in [9.17, 15) is 14.0 Å². The molecule has 6 heteroatoms. The van der Waals surface area contributed by atoms with E-state index in [1.54, 1.807) is 13.8 Å². The summed E-state index contributed by atoms with van der Waals surface area (Å²) in [5.74, 6) is -0.649. The van der Waals surface area contributed by atoms with Crippen molar-refractivity contribution in [2.24, 2.45) is 0 Å². The number of nitrogens with one attached hydrogen (secondary N) is 1. The molecule has 0 aromatic heterocycles. The molecule has 0 bridgehead atoms. The van der Waals surface area contributed by atoms with Gasteiger partial charge in [0, 0.05) is 19.0 Å². The lowest BCUT2D eigenvalue weighted by atomic mass is 10.0. The molecular weight excluding hydrogens is 263 g/mol. The minimum atomic E-state index is -1.07. The summed E-state index contributed by atoms with van der Waals surface area (Å²) in [6.45, 7) is 3.34. The molecule has 0 atom stereocenters. The van der Waals surface area contributed by atoms with Crippen LogP contribution >= 0.6 is 0 Å². The van der Waals surface area contributed by atoms with Gasteiger partial charge in [-0.25, -0.2) is 4.39 Å². The van der Waals surface area contributed by atoms with Crippen LogP contribution in [-0.2, 0) is 9.59 Å². The van der Waals surface area contributed by atoms with Gasteiger partial charge in [0.05, 0.1) is 12.8 Å². The largest absolute Gasteiger partial charge is 0.497 e. The summed E-state index contributed by atoms with van der Waals surface area (Å²) in [5, 5.41) is 2.63. The van der Waals surface area contributed by atoms with E-state index in [1.165, 1.54) is 30.2 Å². The molecule has 1 saturated heterocycles. The van der Waals surface area contributed by atoms with E-state index in [1.807, 2.05) is 0 Å². The molecule has 1 aliphatic heterocycles. The van der Waals surface area contributed by atoms with Gasteiger partial charge in [0.15, 0.2) is 0 Å². The smallest absolute Gasteiger partial charge is 0.252 e. The average Bonchev–Trinajstić information content (AvgIpc) is 2.48. The van der Waals surface area contributed by atoms with Crippen molar-refractivity contribution < 1.29 is 18.7 Å². The van der Waals surface area contributed by atoms with Gasteiger partial charge in [-0.2, -0.15) is 0 Å². The fraction of sp³-hybridized carbons (Fsp3) is 0.429. The molecule has 0 radical (unpaired) electrons. The lowest BCUT2D eigenvalue weighted by Gasteiger charge is -2.29. The van der Waals surface area contributed by atoms with Crippen molar-refractivity contribution in [3.63, 3.8) is 0 Å². The van der Waals surface area contributed by atoms with Gasteiger partial charge in [-0.05, 0) is 26.0 Å². The molecule has 1 aliphatic rings. The van der Waals surface area contributed by atoms with Crippen molar-refractivity contribution in [1.82, 2.24) is 5.32 Å². The van der Waals surface area contributed by atoms with E-state index in [0.29, 0.717) is 5.75 Å². The molecule has 1 N–H and O–H groups in total. The van der Waals surface area contributed by atoms with Crippen LogP contribution in [0.4, 0.5) is 10.1 Å². The van der Waals surface area contributed by atoms with Gasteiger partial charge in [0.25, 0.3) is 5.91 Å². The van der Waals surface area contributed by atoms with Crippen molar-refractivity contribution >= 4 is 17.5 Å². The summed E-state index contributed by atoms with van der Waals surface area (Å²) >= 11 is 0. The lowest BCUT2D eigenvalue weighted by molar-refractivity contribution is -0.128. The van der Waals surface area contributed by atoms with Crippen molar-refractivity contribution in [2.45, 2.75) is 25.8 Å². The van der Waals surface area contributed by atoms with Gasteiger partial charge in [-0.3, -0.25) is 9.59 Å². The van der Waals surface area contributed by atoms with Crippen LogP contribution in [0.2, 0.25) is 0 Å². The fourth-order valence-corrected chi connectivity index (χ4v) is 2.17. The van der Waals surface area contributed by atoms with Crippen molar-refractivity contribution in [1.29, 1.82) is 0 Å². The predicted molar refractivity (Wildman–Crippen MR) is 72.1 cm³/mol. The van der Waals surface area contributed by atoms with Gasteiger partial charge in [0.2, 0.25) is 5.91 Å². The van der Waals surface area contributed by atoms with E-state index in [2.05, 4.69) is 5.32 Å². The number of rotatable bonds is 2. The summed E-state index contributed by atoms with van der Waals surface area (Å²) in [6, 6.07) is 4.18. The average molecular weight is 280 g/mol. The highest BCUT2D eigenvalue weighted by Crippen LogP contribution is 2.28. The monoisotopic (exact) mass is 280 g/mol. The zero-order valence-corrected chi connectivity index (χ0v) is 11.7. The number of carbonyl (C=O) groups excluding carboxylic acids is 2. The first kappa shape index (κ1) is 14.3. The van der Waals surface area contributed by atoms with Gasteiger partial charge < -0.3 is 15.0 Å². The van der Waals surface area contributed by atoms with Crippen LogP contribution in [0.5, 0.6) is 5.75 Å². The van der Waals surface area contributed by atoms with Crippen molar-refractivity contribution in [2.75, 3.05) is 18.6 Å². The highest BCUT2D eigenvalue weighted by Gasteiger charge is 2.38. The molecule has 1 fully saturated rings. The lowest BCUT2D eigenvalue weighted by Crippen LogP contribution is -2.53. The van der Waals surface area contributed by atoms with Crippen LogP contribution in [0.25, 0.3) is 0 Å². The fourth-order valence-electron chi connectivity index (χ4n) is 2.17. The number of hydrogen-bond donors (Lipinski definition) is 1. The zero-order chi connectivity index (χ0) is 14.9. The number of anilines is 1. The van der Waals surface area contributed by atoms with Crippen molar-refractivity contribution in [3.8, 4) is 5.75 Å². The summed E-state index contributed by atoms with van der Waals surface area (Å²) in [7, 11) is 1.47. The number of nitrogens with zero attached hydrogens (tertiary/aromatic N) is 1. The van der Waals surface area contributed by atoms with Crippen LogP contribution < -0.4 is 15.0 Å². The Balaban J connectivity index is 2.45. The van der Waals surface area contributed by atoms with Gasteiger partial charge in [-0.1, -0.05) is 0 Å². The minimum Gasteiger partial charge on any atom is -0.497 e. The molecule has 20 heavy (non-hydrogen) atoms. The Hall–Kier alpha value is -2.11. The molecule has 0 aliphatic carbocycles. The van der Waals surface area contributed by atoms with Crippen LogP contribution in [0.3, 0.4) is 0 Å². The molecule has 108 valence electrons. The Morgan fingerprint density at radius 3 is 2.70 bits per heavy atom. The van der Waals surface area contributed by atoms with E-state index in [-0.39, 0.29) is 30.5 Å². The summed E-state index contributed by atoms with van der Waals surface area (Å²) in [5.41, 5.74) is -0.942. The Labute approximate surface area is 116 Å². The van der Waals surface area contributed by atoms with Crippen LogP contribution in [0, 0.1) is 5.82 Å². The first-order valence-electron chi connectivity index (χ1n) is 6.31. The van der Waals surface area contributed by atoms with E-state index < -0.39 is 11.4 Å². The molecule has 2 amide bonds. The Kier molecular flexibility index (Phi) is 3.65. The quantitative estimate of drug-likeness (QED) is 0.892. The molecular formula is C14H17FN2O3. The second kappa shape index (κ2) is 5.11. The van der Waals surface area contributed by atoms with Crippen LogP contribution in [0.1, 0.15) is 20.3 Å². The number of carbonyl (C=O) groups is 2. The summed E-state index contributed by atoms with van der Waals surface area (Å²) in [6.07, 6.45) is 0.131. The number of ether oxygens (including phenoxy) is 1.